The van der Waals surface area contributed by atoms with Crippen LogP contribution in [0.4, 0.5) is 0 Å². The number of rotatable bonds is 7. The number of hydrogen-bond donors (Lipinski definition) is 1. The van der Waals surface area contributed by atoms with Crippen molar-refractivity contribution in [2.24, 2.45) is 0 Å². The highest BCUT2D eigenvalue weighted by molar-refractivity contribution is 5.94. The van der Waals surface area contributed by atoms with Crippen molar-refractivity contribution in [2.75, 3.05) is 6.54 Å². The second-order valence-electron chi connectivity index (χ2n) is 8.13. The number of carbonyl (C=O) groups excluding carboxylic acids is 2. The van der Waals surface area contributed by atoms with E-state index in [0.717, 1.165) is 28.9 Å². The zero-order chi connectivity index (χ0) is 21.8. The Bertz CT molecular complexity index is 1060. The molecule has 4 rings (SSSR count). The van der Waals surface area contributed by atoms with Crippen LogP contribution >= 0.6 is 0 Å². The molecule has 3 aromatic rings. The Morgan fingerprint density at radius 3 is 2.61 bits per heavy atom. The molecule has 1 saturated heterocycles. The molecular weight excluding hydrogens is 390 g/mol. The molecule has 1 aliphatic heterocycles. The lowest BCUT2D eigenvalue weighted by Crippen LogP contribution is -2.41. The highest BCUT2D eigenvalue weighted by Crippen LogP contribution is 2.16. The summed E-state index contributed by atoms with van der Waals surface area (Å²) >= 11 is 0. The van der Waals surface area contributed by atoms with Crippen LogP contribution in [0.1, 0.15) is 45.7 Å². The molecule has 0 bridgehead atoms. The molecule has 1 atom stereocenters. The van der Waals surface area contributed by atoms with E-state index in [1.54, 1.807) is 17.3 Å². The minimum Gasteiger partial charge on any atom is -0.352 e. The molecule has 7 heteroatoms. The first-order valence-corrected chi connectivity index (χ1v) is 10.6. The second-order valence-corrected chi connectivity index (χ2v) is 8.13. The van der Waals surface area contributed by atoms with Gasteiger partial charge < -0.3 is 10.2 Å². The van der Waals surface area contributed by atoms with Crippen LogP contribution in [-0.4, -0.2) is 44.1 Å². The fourth-order valence-electron chi connectivity index (χ4n) is 3.95. The van der Waals surface area contributed by atoms with Crippen molar-refractivity contribution in [2.45, 2.75) is 45.8 Å². The van der Waals surface area contributed by atoms with Gasteiger partial charge in [0, 0.05) is 49.2 Å². The highest BCUT2D eigenvalue weighted by atomic mass is 16.2. The fourth-order valence-corrected chi connectivity index (χ4v) is 3.95. The van der Waals surface area contributed by atoms with Gasteiger partial charge in [-0.1, -0.05) is 18.2 Å². The molecule has 2 amide bonds. The van der Waals surface area contributed by atoms with Gasteiger partial charge in [-0.3, -0.25) is 19.3 Å². The monoisotopic (exact) mass is 417 g/mol. The number of carbonyl (C=O) groups is 2. The first-order valence-electron chi connectivity index (χ1n) is 10.6. The van der Waals surface area contributed by atoms with Crippen molar-refractivity contribution >= 4 is 11.8 Å². The van der Waals surface area contributed by atoms with Crippen molar-refractivity contribution in [3.05, 3.63) is 82.9 Å². The van der Waals surface area contributed by atoms with Crippen LogP contribution in [0.5, 0.6) is 0 Å². The maximum Gasteiger partial charge on any atom is 0.254 e. The summed E-state index contributed by atoms with van der Waals surface area (Å²) in [6.45, 7) is 5.62. The van der Waals surface area contributed by atoms with Crippen LogP contribution in [0.3, 0.4) is 0 Å². The third-order valence-corrected chi connectivity index (χ3v) is 5.55. The first-order chi connectivity index (χ1) is 15.0. The molecular formula is C24H27N5O2. The van der Waals surface area contributed by atoms with Gasteiger partial charge in [-0.25, -0.2) is 0 Å². The van der Waals surface area contributed by atoms with E-state index in [2.05, 4.69) is 21.5 Å². The lowest BCUT2D eigenvalue weighted by molar-refractivity contribution is -0.119. The second kappa shape index (κ2) is 9.12. The van der Waals surface area contributed by atoms with E-state index in [-0.39, 0.29) is 17.9 Å². The summed E-state index contributed by atoms with van der Waals surface area (Å²) in [6, 6.07) is 13.5. The molecule has 2 aromatic heterocycles. The third-order valence-electron chi connectivity index (χ3n) is 5.55. The van der Waals surface area contributed by atoms with Crippen molar-refractivity contribution in [3.63, 3.8) is 0 Å². The molecule has 31 heavy (non-hydrogen) atoms. The van der Waals surface area contributed by atoms with Gasteiger partial charge in [-0.05, 0) is 55.7 Å². The van der Waals surface area contributed by atoms with Gasteiger partial charge >= 0.3 is 0 Å². The van der Waals surface area contributed by atoms with E-state index in [1.165, 1.54) is 0 Å². The number of pyridine rings is 1. The lowest BCUT2D eigenvalue weighted by Gasteiger charge is -2.26. The van der Waals surface area contributed by atoms with Gasteiger partial charge in [0.2, 0.25) is 5.91 Å². The van der Waals surface area contributed by atoms with E-state index in [9.17, 15) is 9.59 Å². The lowest BCUT2D eigenvalue weighted by atomic mass is 10.1. The van der Waals surface area contributed by atoms with Gasteiger partial charge in [0.25, 0.3) is 5.91 Å². The average Bonchev–Trinajstić information content (AvgIpc) is 3.32. The Morgan fingerprint density at radius 2 is 2.00 bits per heavy atom. The predicted octanol–water partition coefficient (Wildman–Crippen LogP) is 2.86. The topological polar surface area (TPSA) is 80.1 Å². The molecule has 3 heterocycles. The molecule has 1 aliphatic rings. The quantitative estimate of drug-likeness (QED) is 0.641. The fraction of sp³-hybridized carbons (Fsp3) is 0.333. The maximum absolute atomic E-state index is 13.3. The summed E-state index contributed by atoms with van der Waals surface area (Å²) in [4.78, 5) is 30.9. The van der Waals surface area contributed by atoms with Crippen LogP contribution in [0, 0.1) is 13.8 Å². The van der Waals surface area contributed by atoms with Crippen LogP contribution in [0.15, 0.2) is 54.9 Å². The smallest absolute Gasteiger partial charge is 0.254 e. The van der Waals surface area contributed by atoms with Gasteiger partial charge in [0.05, 0.1) is 12.2 Å². The van der Waals surface area contributed by atoms with Gasteiger partial charge in [0.15, 0.2) is 0 Å². The van der Waals surface area contributed by atoms with Crippen molar-refractivity contribution in [3.8, 4) is 0 Å². The summed E-state index contributed by atoms with van der Waals surface area (Å²) < 4.78 is 1.96. The highest BCUT2D eigenvalue weighted by Gasteiger charge is 2.26. The SMILES string of the molecule is Cc1cc(C)n(Cc2ccc(C(=O)N(Cc3cccnc3)CC3CCC(=O)N3)cc2)n1. The van der Waals surface area contributed by atoms with Gasteiger partial charge in [-0.2, -0.15) is 5.10 Å². The molecule has 0 spiro atoms. The number of aromatic nitrogens is 3. The number of aryl methyl sites for hydroxylation is 2. The van der Waals surface area contributed by atoms with E-state index < -0.39 is 0 Å². The predicted molar refractivity (Wildman–Crippen MR) is 117 cm³/mol. The van der Waals surface area contributed by atoms with E-state index in [1.807, 2.05) is 54.9 Å². The van der Waals surface area contributed by atoms with E-state index in [4.69, 9.17) is 0 Å². The molecule has 0 aliphatic carbocycles. The van der Waals surface area contributed by atoms with Crippen LogP contribution in [-0.2, 0) is 17.9 Å². The van der Waals surface area contributed by atoms with Crippen molar-refractivity contribution in [1.29, 1.82) is 0 Å². The molecule has 1 N–H and O–H groups in total. The summed E-state index contributed by atoms with van der Waals surface area (Å²) in [7, 11) is 0. The molecule has 7 nitrogen and oxygen atoms in total. The summed E-state index contributed by atoms with van der Waals surface area (Å²) in [6.07, 6.45) is 4.75. The maximum atomic E-state index is 13.3. The van der Waals surface area contributed by atoms with Crippen LogP contribution in [0.2, 0.25) is 0 Å². The van der Waals surface area contributed by atoms with Crippen LogP contribution < -0.4 is 5.32 Å². The Hall–Kier alpha value is -3.48. The number of hydrogen-bond acceptors (Lipinski definition) is 4. The number of nitrogens with one attached hydrogen (secondary N) is 1. The largest absolute Gasteiger partial charge is 0.352 e. The molecule has 1 fully saturated rings. The molecule has 1 aromatic carbocycles. The minimum absolute atomic E-state index is 0.0153. The number of benzene rings is 1. The Labute approximate surface area is 182 Å². The van der Waals surface area contributed by atoms with E-state index in [0.29, 0.717) is 31.6 Å². The number of amides is 2. The van der Waals surface area contributed by atoms with E-state index >= 15 is 0 Å². The normalized spacial score (nSPS) is 15.7. The van der Waals surface area contributed by atoms with Crippen molar-refractivity contribution in [1.82, 2.24) is 25.0 Å². The zero-order valence-corrected chi connectivity index (χ0v) is 17.9. The Balaban J connectivity index is 1.49. The Morgan fingerprint density at radius 1 is 1.19 bits per heavy atom. The summed E-state index contributed by atoms with van der Waals surface area (Å²) in [5, 5.41) is 7.46. The summed E-state index contributed by atoms with van der Waals surface area (Å²) in [5.41, 5.74) is 4.78. The summed E-state index contributed by atoms with van der Waals surface area (Å²) in [5.74, 6) is -0.00468. The minimum atomic E-state index is -0.0531. The Kier molecular flexibility index (Phi) is 6.11. The first kappa shape index (κ1) is 20.8. The molecule has 0 saturated carbocycles. The molecule has 0 radical (unpaired) electrons. The van der Waals surface area contributed by atoms with Crippen molar-refractivity contribution < 1.29 is 9.59 Å². The average molecular weight is 418 g/mol. The van der Waals surface area contributed by atoms with Crippen LogP contribution in [0.25, 0.3) is 0 Å². The molecule has 160 valence electrons. The third kappa shape index (κ3) is 5.17. The number of nitrogens with zero attached hydrogens (tertiary/aromatic N) is 4. The van der Waals surface area contributed by atoms with Gasteiger partial charge in [-0.15, -0.1) is 0 Å². The molecule has 1 unspecified atom stereocenters. The zero-order valence-electron chi connectivity index (χ0n) is 17.9. The van der Waals surface area contributed by atoms with Gasteiger partial charge in [0.1, 0.15) is 0 Å². The standard InChI is InChI=1S/C24H27N5O2/c1-17-12-18(2)29(27-17)15-19-5-7-21(8-6-19)24(31)28(14-20-4-3-11-25-13-20)16-22-9-10-23(30)26-22/h3-8,11-13,22H,9-10,14-16H2,1-2H3,(H,26,30).